The van der Waals surface area contributed by atoms with Crippen molar-refractivity contribution in [2.24, 2.45) is 0 Å². The summed E-state index contributed by atoms with van der Waals surface area (Å²) in [5.41, 5.74) is 1.27. The summed E-state index contributed by atoms with van der Waals surface area (Å²) in [6, 6.07) is 10.1. The van der Waals surface area contributed by atoms with Gasteiger partial charge in [0, 0.05) is 30.4 Å². The largest absolute Gasteiger partial charge is 0.371 e. The van der Waals surface area contributed by atoms with Gasteiger partial charge in [-0.25, -0.2) is 0 Å². The summed E-state index contributed by atoms with van der Waals surface area (Å²) >= 11 is 0. The second kappa shape index (κ2) is 11.5. The zero-order valence-electron chi connectivity index (χ0n) is 16.0. The van der Waals surface area contributed by atoms with E-state index in [4.69, 9.17) is 0 Å². The van der Waals surface area contributed by atoms with Crippen molar-refractivity contribution in [3.05, 3.63) is 64.0 Å². The van der Waals surface area contributed by atoms with Crippen LogP contribution in [-0.2, 0) is 0 Å². The number of nitrogens with zero attached hydrogens (tertiary/aromatic N) is 2. The Kier molecular flexibility index (Phi) is 9.80. The number of benzene rings is 1. The molecular weight excluding hydrogens is 417 g/mol. The molecule has 0 bridgehead atoms. The maximum Gasteiger partial charge on any atom is 0.293 e. The third-order valence-electron chi connectivity index (χ3n) is 4.63. The Morgan fingerprint density at radius 2 is 2.14 bits per heavy atom. The summed E-state index contributed by atoms with van der Waals surface area (Å²) in [5.74, 6) is -0.309. The van der Waals surface area contributed by atoms with Gasteiger partial charge in [0.15, 0.2) is 0 Å². The van der Waals surface area contributed by atoms with E-state index in [9.17, 15) is 14.9 Å². The van der Waals surface area contributed by atoms with Crippen LogP contribution >= 0.6 is 24.8 Å². The van der Waals surface area contributed by atoms with Gasteiger partial charge in [0.05, 0.1) is 16.7 Å². The number of hydrogen-bond donors (Lipinski definition) is 3. The van der Waals surface area contributed by atoms with Gasteiger partial charge in [-0.1, -0.05) is 6.07 Å². The third kappa shape index (κ3) is 6.56. The number of amides is 1. The normalized spacial score (nSPS) is 16.1. The minimum atomic E-state index is -0.483. The maximum absolute atomic E-state index is 12.3. The molecule has 2 unspecified atom stereocenters. The van der Waals surface area contributed by atoms with E-state index in [2.05, 4.69) is 20.9 Å². The van der Waals surface area contributed by atoms with Crippen molar-refractivity contribution in [3.8, 4) is 0 Å². The predicted molar refractivity (Wildman–Crippen MR) is 117 cm³/mol. The number of nitro benzene ring substituents is 1. The Bertz CT molecular complexity index is 817. The molecule has 1 fully saturated rings. The average Bonchev–Trinajstić information content (AvgIpc) is 3.20. The van der Waals surface area contributed by atoms with Gasteiger partial charge >= 0.3 is 0 Å². The Labute approximate surface area is 181 Å². The maximum atomic E-state index is 12.3. The molecule has 0 aliphatic carbocycles. The van der Waals surface area contributed by atoms with Crippen LogP contribution in [0.15, 0.2) is 42.6 Å². The van der Waals surface area contributed by atoms with E-state index in [0.29, 0.717) is 12.2 Å². The second-order valence-corrected chi connectivity index (χ2v) is 6.61. The van der Waals surface area contributed by atoms with Crippen molar-refractivity contribution in [1.82, 2.24) is 15.6 Å². The van der Waals surface area contributed by atoms with E-state index >= 15 is 0 Å². The molecular formula is C19H25Cl2N5O3. The number of halogens is 2. The molecule has 158 valence electrons. The summed E-state index contributed by atoms with van der Waals surface area (Å²) in [5, 5.41) is 20.7. The molecule has 3 N–H and O–H groups in total. The third-order valence-corrected chi connectivity index (χ3v) is 4.63. The van der Waals surface area contributed by atoms with Gasteiger partial charge in [0.1, 0.15) is 5.69 Å². The summed E-state index contributed by atoms with van der Waals surface area (Å²) in [4.78, 5) is 27.6. The van der Waals surface area contributed by atoms with Crippen LogP contribution in [0.3, 0.4) is 0 Å². The molecule has 29 heavy (non-hydrogen) atoms. The Morgan fingerprint density at radius 3 is 2.76 bits per heavy atom. The SMILES string of the molecule is CC(Nc1ccc(C(=O)NCC2CCCN2)cc1[N+](=O)[O-])c1ccccn1.Cl.Cl. The van der Waals surface area contributed by atoms with Gasteiger partial charge in [-0.15, -0.1) is 24.8 Å². The molecule has 8 nitrogen and oxygen atoms in total. The fourth-order valence-electron chi connectivity index (χ4n) is 3.13. The van der Waals surface area contributed by atoms with Gasteiger partial charge < -0.3 is 16.0 Å². The molecule has 0 radical (unpaired) electrons. The van der Waals surface area contributed by atoms with Crippen molar-refractivity contribution < 1.29 is 9.72 Å². The van der Waals surface area contributed by atoms with E-state index in [1.807, 2.05) is 25.1 Å². The zero-order chi connectivity index (χ0) is 19.2. The van der Waals surface area contributed by atoms with Crippen LogP contribution in [0.1, 0.15) is 41.9 Å². The van der Waals surface area contributed by atoms with Crippen LogP contribution < -0.4 is 16.0 Å². The van der Waals surface area contributed by atoms with Crippen LogP contribution in [0, 0.1) is 10.1 Å². The fraction of sp³-hybridized carbons (Fsp3) is 0.368. The van der Waals surface area contributed by atoms with Crippen LogP contribution in [0.25, 0.3) is 0 Å². The highest BCUT2D eigenvalue weighted by molar-refractivity contribution is 5.95. The molecule has 3 rings (SSSR count). The van der Waals surface area contributed by atoms with E-state index in [-0.39, 0.29) is 54.1 Å². The van der Waals surface area contributed by atoms with Crippen molar-refractivity contribution in [1.29, 1.82) is 0 Å². The number of carbonyl (C=O) groups is 1. The van der Waals surface area contributed by atoms with Crippen LogP contribution in [-0.4, -0.2) is 34.9 Å². The minimum Gasteiger partial charge on any atom is -0.371 e. The summed E-state index contributed by atoms with van der Waals surface area (Å²) < 4.78 is 0. The van der Waals surface area contributed by atoms with E-state index in [0.717, 1.165) is 25.1 Å². The van der Waals surface area contributed by atoms with Crippen LogP contribution in [0.4, 0.5) is 11.4 Å². The van der Waals surface area contributed by atoms with Crippen LogP contribution in [0.5, 0.6) is 0 Å². The number of carbonyl (C=O) groups excluding carboxylic acids is 1. The number of aromatic nitrogens is 1. The highest BCUT2D eigenvalue weighted by Gasteiger charge is 2.21. The summed E-state index contributed by atoms with van der Waals surface area (Å²) in [7, 11) is 0. The van der Waals surface area contributed by atoms with Crippen molar-refractivity contribution in [3.63, 3.8) is 0 Å². The number of rotatable bonds is 7. The number of pyridine rings is 1. The molecule has 10 heteroatoms. The molecule has 1 aliphatic heterocycles. The first-order valence-electron chi connectivity index (χ1n) is 9.02. The smallest absolute Gasteiger partial charge is 0.293 e. The lowest BCUT2D eigenvalue weighted by Gasteiger charge is -2.15. The molecule has 1 aromatic carbocycles. The van der Waals surface area contributed by atoms with E-state index in [1.54, 1.807) is 18.3 Å². The van der Waals surface area contributed by atoms with Crippen LogP contribution in [0.2, 0.25) is 0 Å². The van der Waals surface area contributed by atoms with Gasteiger partial charge in [0.2, 0.25) is 0 Å². The minimum absolute atomic E-state index is 0. The summed E-state index contributed by atoms with van der Waals surface area (Å²) in [6.07, 6.45) is 3.80. The molecule has 1 amide bonds. The van der Waals surface area contributed by atoms with Gasteiger partial charge in [-0.2, -0.15) is 0 Å². The van der Waals surface area contributed by atoms with E-state index in [1.165, 1.54) is 6.07 Å². The average molecular weight is 442 g/mol. The molecule has 1 saturated heterocycles. The molecule has 2 atom stereocenters. The first-order chi connectivity index (χ1) is 13.0. The molecule has 1 aliphatic rings. The first kappa shape index (κ1) is 24.6. The predicted octanol–water partition coefficient (Wildman–Crippen LogP) is 3.49. The lowest BCUT2D eigenvalue weighted by Crippen LogP contribution is -2.37. The number of anilines is 1. The van der Waals surface area contributed by atoms with Crippen molar-refractivity contribution in [2.75, 3.05) is 18.4 Å². The van der Waals surface area contributed by atoms with Crippen molar-refractivity contribution in [2.45, 2.75) is 31.8 Å². The number of nitrogens with one attached hydrogen (secondary N) is 3. The number of hydrogen-bond acceptors (Lipinski definition) is 6. The van der Waals surface area contributed by atoms with Gasteiger partial charge in [0.25, 0.3) is 11.6 Å². The van der Waals surface area contributed by atoms with E-state index < -0.39 is 4.92 Å². The Balaban J connectivity index is 0.00000210. The number of nitro groups is 1. The zero-order valence-corrected chi connectivity index (χ0v) is 17.6. The molecule has 0 saturated carbocycles. The molecule has 2 aromatic rings. The van der Waals surface area contributed by atoms with Gasteiger partial charge in [-0.3, -0.25) is 19.9 Å². The Morgan fingerprint density at radius 1 is 1.34 bits per heavy atom. The van der Waals surface area contributed by atoms with Crippen molar-refractivity contribution >= 4 is 42.1 Å². The summed E-state index contributed by atoms with van der Waals surface area (Å²) in [6.45, 7) is 3.35. The lowest BCUT2D eigenvalue weighted by molar-refractivity contribution is -0.384. The highest BCUT2D eigenvalue weighted by Crippen LogP contribution is 2.28. The molecule has 0 spiro atoms. The monoisotopic (exact) mass is 441 g/mol. The Hall–Kier alpha value is -2.42. The first-order valence-corrected chi connectivity index (χ1v) is 9.02. The standard InChI is InChI=1S/C19H23N5O3.2ClH/c1-13(16-6-2-3-9-21-16)23-17-8-7-14(11-18(17)24(26)27)19(25)22-12-15-5-4-10-20-15;;/h2-3,6-9,11,13,15,20,23H,4-5,10,12H2,1H3,(H,22,25);2*1H. The molecule has 2 heterocycles. The lowest BCUT2D eigenvalue weighted by atomic mass is 10.1. The highest BCUT2D eigenvalue weighted by atomic mass is 35.5. The quantitative estimate of drug-likeness (QED) is 0.448. The second-order valence-electron chi connectivity index (χ2n) is 6.61. The molecule has 1 aromatic heterocycles. The van der Waals surface area contributed by atoms with Gasteiger partial charge in [-0.05, 0) is 50.6 Å². The topological polar surface area (TPSA) is 109 Å². The fourth-order valence-corrected chi connectivity index (χ4v) is 3.13.